The van der Waals surface area contributed by atoms with Gasteiger partial charge in [-0.3, -0.25) is 4.79 Å². The second kappa shape index (κ2) is 9.07. The van der Waals surface area contributed by atoms with Gasteiger partial charge in [0.1, 0.15) is 0 Å². The zero-order valence-electron chi connectivity index (χ0n) is 11.4. The Morgan fingerprint density at radius 3 is 2.79 bits per heavy atom. The first-order valence-corrected chi connectivity index (χ1v) is 7.05. The highest BCUT2D eigenvalue weighted by atomic mass is 79.9. The third kappa shape index (κ3) is 6.18. The molecule has 0 saturated carbocycles. The first kappa shape index (κ1) is 16.1. The van der Waals surface area contributed by atoms with E-state index in [1.807, 2.05) is 25.1 Å². The SMILES string of the molecule is COCCOCCCNC(=O)c1ccc(C)c(Br)c1. The molecule has 5 heteroatoms. The van der Waals surface area contributed by atoms with E-state index in [9.17, 15) is 4.79 Å². The summed E-state index contributed by atoms with van der Waals surface area (Å²) in [5.41, 5.74) is 1.78. The zero-order chi connectivity index (χ0) is 14.1. The summed E-state index contributed by atoms with van der Waals surface area (Å²) in [5.74, 6) is -0.0578. The molecule has 0 aliphatic rings. The number of halogens is 1. The minimum absolute atomic E-state index is 0.0578. The lowest BCUT2D eigenvalue weighted by Crippen LogP contribution is -2.25. The maximum absolute atomic E-state index is 11.9. The molecule has 0 heterocycles. The van der Waals surface area contributed by atoms with Gasteiger partial charge in [-0.1, -0.05) is 22.0 Å². The molecule has 0 saturated heterocycles. The van der Waals surface area contributed by atoms with Crippen LogP contribution in [0.2, 0.25) is 0 Å². The van der Waals surface area contributed by atoms with Gasteiger partial charge in [0.15, 0.2) is 0 Å². The van der Waals surface area contributed by atoms with Crippen molar-refractivity contribution < 1.29 is 14.3 Å². The molecule has 19 heavy (non-hydrogen) atoms. The Balaban J connectivity index is 2.22. The summed E-state index contributed by atoms with van der Waals surface area (Å²) in [7, 11) is 1.64. The fourth-order valence-electron chi connectivity index (χ4n) is 1.46. The number of carbonyl (C=O) groups is 1. The van der Waals surface area contributed by atoms with Crippen molar-refractivity contribution >= 4 is 21.8 Å². The summed E-state index contributed by atoms with van der Waals surface area (Å²) in [5, 5.41) is 2.87. The lowest BCUT2D eigenvalue weighted by Gasteiger charge is -2.07. The number of methoxy groups -OCH3 is 1. The van der Waals surface area contributed by atoms with Gasteiger partial charge in [-0.15, -0.1) is 0 Å². The molecule has 0 aliphatic heterocycles. The standard InChI is InChI=1S/C14H20BrNO3/c1-11-4-5-12(10-13(11)15)14(17)16-6-3-7-19-9-8-18-2/h4-5,10H,3,6-9H2,1-2H3,(H,16,17). The number of benzene rings is 1. The summed E-state index contributed by atoms with van der Waals surface area (Å²) < 4.78 is 11.1. The van der Waals surface area contributed by atoms with Crippen LogP contribution in [-0.2, 0) is 9.47 Å². The summed E-state index contributed by atoms with van der Waals surface area (Å²) in [6.07, 6.45) is 0.794. The van der Waals surface area contributed by atoms with Gasteiger partial charge in [-0.25, -0.2) is 0 Å². The Morgan fingerprint density at radius 2 is 2.11 bits per heavy atom. The maximum atomic E-state index is 11.9. The van der Waals surface area contributed by atoms with Gasteiger partial charge in [0.2, 0.25) is 0 Å². The topological polar surface area (TPSA) is 47.6 Å². The largest absolute Gasteiger partial charge is 0.382 e. The van der Waals surface area contributed by atoms with Gasteiger partial charge in [-0.05, 0) is 31.0 Å². The molecule has 1 rings (SSSR count). The quantitative estimate of drug-likeness (QED) is 0.745. The smallest absolute Gasteiger partial charge is 0.251 e. The van der Waals surface area contributed by atoms with Crippen LogP contribution in [0.4, 0.5) is 0 Å². The summed E-state index contributed by atoms with van der Waals surface area (Å²) in [4.78, 5) is 11.9. The highest BCUT2D eigenvalue weighted by Crippen LogP contribution is 2.17. The summed E-state index contributed by atoms with van der Waals surface area (Å²) in [6, 6.07) is 5.58. The molecule has 0 atom stereocenters. The van der Waals surface area contributed by atoms with E-state index in [0.29, 0.717) is 31.9 Å². The molecule has 1 aromatic carbocycles. The third-order valence-electron chi connectivity index (χ3n) is 2.62. The van der Waals surface area contributed by atoms with E-state index in [1.54, 1.807) is 7.11 Å². The van der Waals surface area contributed by atoms with Crippen LogP contribution < -0.4 is 5.32 Å². The highest BCUT2D eigenvalue weighted by Gasteiger charge is 2.06. The van der Waals surface area contributed by atoms with Crippen molar-refractivity contribution in [2.24, 2.45) is 0 Å². The average molecular weight is 330 g/mol. The molecular formula is C14H20BrNO3. The molecule has 0 aliphatic carbocycles. The molecule has 1 aromatic rings. The predicted molar refractivity (Wildman–Crippen MR) is 78.5 cm³/mol. The number of carbonyl (C=O) groups excluding carboxylic acids is 1. The number of hydrogen-bond acceptors (Lipinski definition) is 3. The van der Waals surface area contributed by atoms with Crippen LogP contribution in [0.15, 0.2) is 22.7 Å². The van der Waals surface area contributed by atoms with Crippen molar-refractivity contribution in [3.05, 3.63) is 33.8 Å². The van der Waals surface area contributed by atoms with Crippen LogP contribution in [0.3, 0.4) is 0 Å². The molecule has 0 bridgehead atoms. The minimum Gasteiger partial charge on any atom is -0.382 e. The highest BCUT2D eigenvalue weighted by molar-refractivity contribution is 9.10. The van der Waals surface area contributed by atoms with E-state index in [2.05, 4.69) is 21.2 Å². The molecule has 4 nitrogen and oxygen atoms in total. The Kier molecular flexibility index (Phi) is 7.70. The van der Waals surface area contributed by atoms with Crippen LogP contribution in [0, 0.1) is 6.92 Å². The van der Waals surface area contributed by atoms with Crippen molar-refractivity contribution in [3.63, 3.8) is 0 Å². The zero-order valence-corrected chi connectivity index (χ0v) is 13.0. The van der Waals surface area contributed by atoms with Gasteiger partial charge < -0.3 is 14.8 Å². The number of hydrogen-bond donors (Lipinski definition) is 1. The van der Waals surface area contributed by atoms with Crippen molar-refractivity contribution in [2.75, 3.05) is 33.5 Å². The van der Waals surface area contributed by atoms with Crippen LogP contribution in [0.25, 0.3) is 0 Å². The Bertz CT molecular complexity index is 410. The number of amides is 1. The van der Waals surface area contributed by atoms with Crippen LogP contribution in [0.5, 0.6) is 0 Å². The molecular weight excluding hydrogens is 310 g/mol. The third-order valence-corrected chi connectivity index (χ3v) is 3.47. The normalized spacial score (nSPS) is 10.5. The van der Waals surface area contributed by atoms with E-state index < -0.39 is 0 Å². The lowest BCUT2D eigenvalue weighted by molar-refractivity contribution is 0.0688. The molecule has 0 unspecified atom stereocenters. The van der Waals surface area contributed by atoms with E-state index in [4.69, 9.17) is 9.47 Å². The van der Waals surface area contributed by atoms with E-state index >= 15 is 0 Å². The summed E-state index contributed by atoms with van der Waals surface area (Å²) >= 11 is 3.42. The molecule has 106 valence electrons. The van der Waals surface area contributed by atoms with Gasteiger partial charge in [0, 0.05) is 30.3 Å². The molecule has 0 aromatic heterocycles. The van der Waals surface area contributed by atoms with Gasteiger partial charge in [0.25, 0.3) is 5.91 Å². The molecule has 0 spiro atoms. The van der Waals surface area contributed by atoms with Crippen molar-refractivity contribution in [3.8, 4) is 0 Å². The van der Waals surface area contributed by atoms with E-state index in [1.165, 1.54) is 0 Å². The fraction of sp³-hybridized carbons (Fsp3) is 0.500. The molecule has 1 N–H and O–H groups in total. The van der Waals surface area contributed by atoms with Crippen molar-refractivity contribution in [1.29, 1.82) is 0 Å². The minimum atomic E-state index is -0.0578. The number of rotatable bonds is 8. The lowest BCUT2D eigenvalue weighted by atomic mass is 10.1. The average Bonchev–Trinajstić information content (AvgIpc) is 2.40. The summed E-state index contributed by atoms with van der Waals surface area (Å²) in [6.45, 7) is 4.42. The van der Waals surface area contributed by atoms with Crippen molar-refractivity contribution in [1.82, 2.24) is 5.32 Å². The van der Waals surface area contributed by atoms with Crippen LogP contribution in [0.1, 0.15) is 22.3 Å². The fourth-order valence-corrected chi connectivity index (χ4v) is 1.84. The monoisotopic (exact) mass is 329 g/mol. The Morgan fingerprint density at radius 1 is 1.32 bits per heavy atom. The Labute approximate surface area is 122 Å². The molecule has 0 fully saturated rings. The first-order chi connectivity index (χ1) is 9.15. The molecule has 0 radical (unpaired) electrons. The van der Waals surface area contributed by atoms with Gasteiger partial charge >= 0.3 is 0 Å². The second-order valence-electron chi connectivity index (χ2n) is 4.18. The number of ether oxygens (including phenoxy) is 2. The second-order valence-corrected chi connectivity index (χ2v) is 5.03. The van der Waals surface area contributed by atoms with Crippen LogP contribution in [-0.4, -0.2) is 39.4 Å². The Hall–Kier alpha value is -0.910. The maximum Gasteiger partial charge on any atom is 0.251 e. The van der Waals surface area contributed by atoms with Crippen LogP contribution >= 0.6 is 15.9 Å². The first-order valence-electron chi connectivity index (χ1n) is 6.26. The van der Waals surface area contributed by atoms with Gasteiger partial charge in [0.05, 0.1) is 13.2 Å². The van der Waals surface area contributed by atoms with E-state index in [-0.39, 0.29) is 5.91 Å². The van der Waals surface area contributed by atoms with Gasteiger partial charge in [-0.2, -0.15) is 0 Å². The van der Waals surface area contributed by atoms with E-state index in [0.717, 1.165) is 16.5 Å². The van der Waals surface area contributed by atoms with Crippen molar-refractivity contribution in [2.45, 2.75) is 13.3 Å². The molecule has 1 amide bonds. The number of nitrogens with one attached hydrogen (secondary N) is 1. The number of aryl methyl sites for hydroxylation is 1. The predicted octanol–water partition coefficient (Wildman–Crippen LogP) is 2.54.